The second-order valence-corrected chi connectivity index (χ2v) is 8.27. The second kappa shape index (κ2) is 11.8. The third kappa shape index (κ3) is 6.78. The molecule has 1 heterocycles. The van der Waals surface area contributed by atoms with E-state index in [1.54, 1.807) is 17.4 Å². The molecule has 4 rings (SSSR count). The van der Waals surface area contributed by atoms with E-state index in [4.69, 9.17) is 14.7 Å². The molecule has 0 atom stereocenters. The fourth-order valence-corrected chi connectivity index (χ4v) is 3.96. The third-order valence-corrected chi connectivity index (χ3v) is 5.81. The number of aromatic nitrogens is 1. The Balaban J connectivity index is 1.28. The molecular weight excluding hydrogens is 448 g/mol. The zero-order valence-electron chi connectivity index (χ0n) is 18.4. The van der Waals surface area contributed by atoms with E-state index < -0.39 is 5.97 Å². The van der Waals surface area contributed by atoms with Crippen molar-refractivity contribution in [3.8, 4) is 16.3 Å². The van der Waals surface area contributed by atoms with Crippen LogP contribution in [0.3, 0.4) is 0 Å². The maximum absolute atomic E-state index is 10.9. The van der Waals surface area contributed by atoms with E-state index in [-0.39, 0.29) is 6.42 Å². The monoisotopic (exact) mass is 472 g/mol. The maximum Gasteiger partial charge on any atom is 0.307 e. The lowest BCUT2D eigenvalue weighted by molar-refractivity contribution is -0.136. The van der Waals surface area contributed by atoms with Gasteiger partial charge in [-0.2, -0.15) is 0 Å². The van der Waals surface area contributed by atoms with Crippen LogP contribution in [0.15, 0.2) is 96.4 Å². The number of carbonyl (C=O) groups is 1. The van der Waals surface area contributed by atoms with Crippen LogP contribution in [0.1, 0.15) is 23.2 Å². The predicted molar refractivity (Wildman–Crippen MR) is 133 cm³/mol. The maximum atomic E-state index is 10.9. The quantitative estimate of drug-likeness (QED) is 0.264. The fourth-order valence-electron chi connectivity index (χ4n) is 3.15. The number of hydroxylamine groups is 1. The highest BCUT2D eigenvalue weighted by Crippen LogP contribution is 2.24. The van der Waals surface area contributed by atoms with Crippen molar-refractivity contribution in [1.82, 2.24) is 10.5 Å². The Kier molecular flexibility index (Phi) is 8.05. The van der Waals surface area contributed by atoms with Gasteiger partial charge in [-0.05, 0) is 29.3 Å². The Morgan fingerprint density at radius 1 is 0.941 bits per heavy atom. The molecule has 0 aliphatic heterocycles. The van der Waals surface area contributed by atoms with Crippen LogP contribution in [0, 0.1) is 0 Å². The summed E-state index contributed by atoms with van der Waals surface area (Å²) in [6.07, 6.45) is 1.49. The molecule has 0 spiro atoms. The van der Waals surface area contributed by atoms with Gasteiger partial charge in [0.1, 0.15) is 17.4 Å². The molecule has 7 heteroatoms. The van der Waals surface area contributed by atoms with Gasteiger partial charge in [0.2, 0.25) is 0 Å². The molecule has 0 radical (unpaired) electrons. The van der Waals surface area contributed by atoms with Gasteiger partial charge in [-0.15, -0.1) is 11.3 Å². The summed E-state index contributed by atoms with van der Waals surface area (Å²) in [5.74, 6) is -0.156. The highest BCUT2D eigenvalue weighted by Gasteiger charge is 2.06. The number of thiazole rings is 1. The average molecular weight is 473 g/mol. The topological polar surface area (TPSA) is 80.7 Å². The van der Waals surface area contributed by atoms with Gasteiger partial charge < -0.3 is 9.84 Å². The van der Waals surface area contributed by atoms with Gasteiger partial charge in [-0.1, -0.05) is 72.8 Å². The molecule has 0 aliphatic rings. The van der Waals surface area contributed by atoms with Gasteiger partial charge in [0, 0.05) is 10.9 Å². The minimum atomic E-state index is -0.903. The van der Waals surface area contributed by atoms with Crippen molar-refractivity contribution in [2.75, 3.05) is 0 Å². The van der Waals surface area contributed by atoms with Crippen molar-refractivity contribution in [2.45, 2.75) is 19.6 Å². The molecule has 6 nitrogen and oxygen atoms in total. The standard InChI is InChI=1S/C27H24N2O4S/c30-26(31)16-15-25(21-7-3-1-4-8-21)29-33-17-20-11-13-24(14-12-20)32-18-23-19-34-27(28-23)22-9-5-2-6-10-22/h1-15,19,29H,16-18H2,(H,30,31). The van der Waals surface area contributed by atoms with Crippen molar-refractivity contribution < 1.29 is 19.5 Å². The summed E-state index contributed by atoms with van der Waals surface area (Å²) in [5, 5.41) is 12.0. The fraction of sp³-hybridized carbons (Fsp3) is 0.111. The molecule has 0 bridgehead atoms. The lowest BCUT2D eigenvalue weighted by atomic mass is 10.1. The Morgan fingerprint density at radius 2 is 1.65 bits per heavy atom. The summed E-state index contributed by atoms with van der Waals surface area (Å²) in [4.78, 5) is 21.2. The van der Waals surface area contributed by atoms with E-state index in [2.05, 4.69) is 10.5 Å². The minimum Gasteiger partial charge on any atom is -0.487 e. The molecule has 2 N–H and O–H groups in total. The second-order valence-electron chi connectivity index (χ2n) is 7.42. The molecular formula is C27H24N2O4S. The number of nitrogens with zero attached hydrogens (tertiary/aromatic N) is 1. The molecule has 4 aromatic rings. The van der Waals surface area contributed by atoms with Gasteiger partial charge in [-0.3, -0.25) is 15.1 Å². The van der Waals surface area contributed by atoms with Crippen molar-refractivity contribution in [3.05, 3.63) is 113 Å². The van der Waals surface area contributed by atoms with Gasteiger partial charge >= 0.3 is 5.97 Å². The van der Waals surface area contributed by atoms with Gasteiger partial charge in [0.05, 0.1) is 24.4 Å². The first-order valence-corrected chi connectivity index (χ1v) is 11.6. The van der Waals surface area contributed by atoms with Crippen molar-refractivity contribution >= 4 is 23.0 Å². The minimum absolute atomic E-state index is 0.0988. The molecule has 34 heavy (non-hydrogen) atoms. The van der Waals surface area contributed by atoms with E-state index in [1.807, 2.05) is 90.3 Å². The summed E-state index contributed by atoms with van der Waals surface area (Å²) in [6, 6.07) is 27.2. The zero-order valence-corrected chi connectivity index (χ0v) is 19.2. The number of nitrogens with one attached hydrogen (secondary N) is 1. The lowest BCUT2D eigenvalue weighted by Crippen LogP contribution is -2.13. The molecule has 0 fully saturated rings. The number of rotatable bonds is 11. The Hall–Kier alpha value is -3.94. The molecule has 0 unspecified atom stereocenters. The number of ether oxygens (including phenoxy) is 1. The lowest BCUT2D eigenvalue weighted by Gasteiger charge is -2.12. The highest BCUT2D eigenvalue weighted by molar-refractivity contribution is 7.13. The number of hydrogen-bond acceptors (Lipinski definition) is 6. The Morgan fingerprint density at radius 3 is 2.35 bits per heavy atom. The molecule has 172 valence electrons. The molecule has 0 amide bonds. The van der Waals surface area contributed by atoms with Crippen molar-refractivity contribution in [1.29, 1.82) is 0 Å². The average Bonchev–Trinajstić information content (AvgIpc) is 3.36. The summed E-state index contributed by atoms with van der Waals surface area (Å²) in [6.45, 7) is 0.708. The number of carboxylic acids is 1. The molecule has 0 aliphatic carbocycles. The van der Waals surface area contributed by atoms with Crippen LogP contribution in [0.25, 0.3) is 16.3 Å². The van der Waals surface area contributed by atoms with Crippen LogP contribution in [0.4, 0.5) is 0 Å². The van der Waals surface area contributed by atoms with Crippen molar-refractivity contribution in [3.63, 3.8) is 0 Å². The van der Waals surface area contributed by atoms with Gasteiger partial charge in [-0.25, -0.2) is 4.98 Å². The van der Waals surface area contributed by atoms with E-state index in [0.717, 1.165) is 33.1 Å². The molecule has 1 aromatic heterocycles. The Bertz CT molecular complexity index is 1220. The highest BCUT2D eigenvalue weighted by atomic mass is 32.1. The predicted octanol–water partition coefficient (Wildman–Crippen LogP) is 5.93. The summed E-state index contributed by atoms with van der Waals surface area (Å²) < 4.78 is 5.87. The number of benzene rings is 3. The van der Waals surface area contributed by atoms with E-state index >= 15 is 0 Å². The molecule has 3 aromatic carbocycles. The van der Waals surface area contributed by atoms with Crippen LogP contribution in [0.2, 0.25) is 0 Å². The van der Waals surface area contributed by atoms with Crippen LogP contribution in [-0.4, -0.2) is 16.1 Å². The summed E-state index contributed by atoms with van der Waals surface area (Å²) in [5.41, 5.74) is 7.28. The van der Waals surface area contributed by atoms with Gasteiger partial charge in [0.15, 0.2) is 0 Å². The molecule has 0 saturated heterocycles. The largest absolute Gasteiger partial charge is 0.487 e. The first kappa shape index (κ1) is 23.2. The van der Waals surface area contributed by atoms with E-state index in [9.17, 15) is 4.79 Å². The first-order valence-electron chi connectivity index (χ1n) is 10.7. The number of hydrogen-bond donors (Lipinski definition) is 2. The third-order valence-electron chi connectivity index (χ3n) is 4.87. The van der Waals surface area contributed by atoms with Crippen LogP contribution in [-0.2, 0) is 22.8 Å². The number of aliphatic carboxylic acids is 1. The Labute approximate surface area is 202 Å². The van der Waals surface area contributed by atoms with Crippen LogP contribution in [0.5, 0.6) is 5.75 Å². The van der Waals surface area contributed by atoms with Crippen LogP contribution < -0.4 is 10.2 Å². The zero-order chi connectivity index (χ0) is 23.6. The van der Waals surface area contributed by atoms with Crippen LogP contribution >= 0.6 is 11.3 Å². The van der Waals surface area contributed by atoms with Gasteiger partial charge in [0.25, 0.3) is 0 Å². The molecule has 0 saturated carbocycles. The van der Waals surface area contributed by atoms with E-state index in [1.165, 1.54) is 0 Å². The summed E-state index contributed by atoms with van der Waals surface area (Å²) in [7, 11) is 0. The normalized spacial score (nSPS) is 11.2. The summed E-state index contributed by atoms with van der Waals surface area (Å²) >= 11 is 1.60. The number of carboxylic acid groups (broad SMARTS) is 1. The van der Waals surface area contributed by atoms with Crippen molar-refractivity contribution in [2.24, 2.45) is 0 Å². The SMILES string of the molecule is O=C(O)CC=C(NOCc1ccc(OCc2csc(-c3ccccc3)n2)cc1)c1ccccc1. The van der Waals surface area contributed by atoms with E-state index in [0.29, 0.717) is 18.9 Å². The first-order chi connectivity index (χ1) is 16.7. The smallest absolute Gasteiger partial charge is 0.307 e.